The standard InChI is InChI=1S/C21H34O4/c1-3-4-5-6-7-8-9-10-11-12-13-14-15-17-20(22)18-16-19-21(23)25-24-2/h7-8,10-11,13-15,17,20,22H,3-6,9,12,16,18-19H2,1-2H3/b8-7-,11-10-,14-13-,17-15+/t20-/m1/s1. The first kappa shape index (κ1) is 23.4. The van der Waals surface area contributed by atoms with E-state index in [0.717, 1.165) is 12.8 Å². The molecule has 1 atom stereocenters. The Kier molecular flexibility index (Phi) is 17.5. The predicted molar refractivity (Wildman–Crippen MR) is 103 cm³/mol. The van der Waals surface area contributed by atoms with Crippen molar-refractivity contribution in [1.82, 2.24) is 0 Å². The zero-order valence-corrected chi connectivity index (χ0v) is 15.7. The molecule has 4 heteroatoms. The van der Waals surface area contributed by atoms with Crippen molar-refractivity contribution in [3.63, 3.8) is 0 Å². The molecule has 0 saturated heterocycles. The van der Waals surface area contributed by atoms with Crippen LogP contribution in [0.1, 0.15) is 64.7 Å². The first-order chi connectivity index (χ1) is 12.2. The van der Waals surface area contributed by atoms with E-state index in [-0.39, 0.29) is 6.42 Å². The van der Waals surface area contributed by atoms with Crippen LogP contribution in [-0.4, -0.2) is 24.3 Å². The van der Waals surface area contributed by atoms with E-state index in [9.17, 15) is 9.90 Å². The molecule has 0 heterocycles. The van der Waals surface area contributed by atoms with Crippen LogP contribution in [0.15, 0.2) is 48.6 Å². The van der Waals surface area contributed by atoms with Gasteiger partial charge in [0.1, 0.15) is 0 Å². The highest BCUT2D eigenvalue weighted by Crippen LogP contribution is 2.04. The number of unbranched alkanes of at least 4 members (excludes halogenated alkanes) is 3. The van der Waals surface area contributed by atoms with Gasteiger partial charge in [-0.3, -0.25) is 4.89 Å². The van der Waals surface area contributed by atoms with E-state index in [4.69, 9.17) is 0 Å². The van der Waals surface area contributed by atoms with E-state index in [2.05, 4.69) is 41.0 Å². The number of hydrogen-bond donors (Lipinski definition) is 1. The molecule has 0 amide bonds. The van der Waals surface area contributed by atoms with Gasteiger partial charge in [0.15, 0.2) is 0 Å². The number of rotatable bonds is 15. The fourth-order valence-corrected chi connectivity index (χ4v) is 2.11. The molecular formula is C21H34O4. The Morgan fingerprint density at radius 2 is 1.72 bits per heavy atom. The minimum Gasteiger partial charge on any atom is -0.389 e. The van der Waals surface area contributed by atoms with Crippen molar-refractivity contribution in [2.75, 3.05) is 7.11 Å². The van der Waals surface area contributed by atoms with E-state index in [0.29, 0.717) is 12.8 Å². The molecule has 0 aromatic carbocycles. The molecular weight excluding hydrogens is 316 g/mol. The molecule has 0 aliphatic heterocycles. The van der Waals surface area contributed by atoms with Gasteiger partial charge >= 0.3 is 5.97 Å². The van der Waals surface area contributed by atoms with E-state index < -0.39 is 12.1 Å². The number of carbonyl (C=O) groups excluding carboxylic acids is 1. The van der Waals surface area contributed by atoms with Gasteiger partial charge in [-0.05, 0) is 38.5 Å². The lowest BCUT2D eigenvalue weighted by Crippen LogP contribution is -2.06. The third-order valence-electron chi connectivity index (χ3n) is 3.49. The number of carbonyl (C=O) groups is 1. The fourth-order valence-electron chi connectivity index (χ4n) is 2.11. The number of aliphatic hydroxyl groups excluding tert-OH is 1. The number of hydrogen-bond acceptors (Lipinski definition) is 4. The van der Waals surface area contributed by atoms with Crippen LogP contribution in [0.3, 0.4) is 0 Å². The predicted octanol–water partition coefficient (Wildman–Crippen LogP) is 5.21. The highest BCUT2D eigenvalue weighted by molar-refractivity contribution is 5.68. The Morgan fingerprint density at radius 3 is 2.44 bits per heavy atom. The lowest BCUT2D eigenvalue weighted by Gasteiger charge is -2.03. The summed E-state index contributed by atoms with van der Waals surface area (Å²) in [6.07, 6.45) is 24.0. The molecule has 4 nitrogen and oxygen atoms in total. The molecule has 0 unspecified atom stereocenters. The topological polar surface area (TPSA) is 55.8 Å². The third kappa shape index (κ3) is 18.5. The van der Waals surface area contributed by atoms with Crippen molar-refractivity contribution in [1.29, 1.82) is 0 Å². The van der Waals surface area contributed by atoms with Crippen LogP contribution in [0.5, 0.6) is 0 Å². The quantitative estimate of drug-likeness (QED) is 0.145. The average molecular weight is 350 g/mol. The van der Waals surface area contributed by atoms with E-state index in [1.807, 2.05) is 18.2 Å². The monoisotopic (exact) mass is 350 g/mol. The molecule has 1 N–H and O–H groups in total. The van der Waals surface area contributed by atoms with Gasteiger partial charge in [0.2, 0.25) is 0 Å². The first-order valence-electron chi connectivity index (χ1n) is 9.25. The lowest BCUT2D eigenvalue weighted by molar-refractivity contribution is -0.255. The Morgan fingerprint density at radius 1 is 1.00 bits per heavy atom. The van der Waals surface area contributed by atoms with Gasteiger partial charge in [-0.1, -0.05) is 68.4 Å². The summed E-state index contributed by atoms with van der Waals surface area (Å²) >= 11 is 0. The molecule has 0 bridgehead atoms. The number of aliphatic hydroxyl groups is 1. The second-order valence-electron chi connectivity index (χ2n) is 5.80. The highest BCUT2D eigenvalue weighted by atomic mass is 17.2. The van der Waals surface area contributed by atoms with Crippen molar-refractivity contribution in [3.05, 3.63) is 48.6 Å². The summed E-state index contributed by atoms with van der Waals surface area (Å²) in [4.78, 5) is 19.7. The Bertz CT molecular complexity index is 422. The molecule has 0 rings (SSSR count). The zero-order valence-electron chi connectivity index (χ0n) is 15.7. The summed E-state index contributed by atoms with van der Waals surface area (Å²) in [5.74, 6) is -0.416. The second kappa shape index (κ2) is 18.7. The maximum atomic E-state index is 11.0. The van der Waals surface area contributed by atoms with Gasteiger partial charge in [-0.2, -0.15) is 4.89 Å². The molecule has 142 valence electrons. The molecule has 0 fully saturated rings. The fraction of sp³-hybridized carbons (Fsp3) is 0.571. The van der Waals surface area contributed by atoms with Gasteiger partial charge in [0.05, 0.1) is 13.2 Å². The van der Waals surface area contributed by atoms with E-state index in [1.54, 1.807) is 6.08 Å². The molecule has 0 saturated carbocycles. The van der Waals surface area contributed by atoms with Crippen molar-refractivity contribution in [2.24, 2.45) is 0 Å². The molecule has 25 heavy (non-hydrogen) atoms. The SMILES string of the molecule is CCCCC/C=C\C/C=C\C/C=C\C=C\[C@@H](O)CCCC(=O)OOC. The van der Waals surface area contributed by atoms with Crippen LogP contribution >= 0.6 is 0 Å². The minimum atomic E-state index is -0.548. The van der Waals surface area contributed by atoms with Crippen molar-refractivity contribution in [3.8, 4) is 0 Å². The van der Waals surface area contributed by atoms with Gasteiger partial charge in [-0.25, -0.2) is 4.79 Å². The summed E-state index contributed by atoms with van der Waals surface area (Å²) in [5.41, 5.74) is 0. The zero-order chi connectivity index (χ0) is 18.6. The second-order valence-corrected chi connectivity index (χ2v) is 5.80. The first-order valence-corrected chi connectivity index (χ1v) is 9.25. The summed E-state index contributed by atoms with van der Waals surface area (Å²) in [6.45, 7) is 2.22. The lowest BCUT2D eigenvalue weighted by atomic mass is 10.1. The van der Waals surface area contributed by atoms with Crippen LogP contribution < -0.4 is 0 Å². The Balaban J connectivity index is 3.63. The summed E-state index contributed by atoms with van der Waals surface area (Å²) in [6, 6.07) is 0. The largest absolute Gasteiger partial charge is 0.389 e. The van der Waals surface area contributed by atoms with Crippen LogP contribution in [0, 0.1) is 0 Å². The average Bonchev–Trinajstić information content (AvgIpc) is 2.59. The maximum absolute atomic E-state index is 11.0. The van der Waals surface area contributed by atoms with Gasteiger partial charge < -0.3 is 5.11 Å². The smallest absolute Gasteiger partial charge is 0.342 e. The summed E-state index contributed by atoms with van der Waals surface area (Å²) in [5, 5.41) is 9.74. The maximum Gasteiger partial charge on any atom is 0.342 e. The molecule has 0 aliphatic rings. The molecule has 0 spiro atoms. The summed E-state index contributed by atoms with van der Waals surface area (Å²) in [7, 11) is 1.29. The van der Waals surface area contributed by atoms with E-state index in [1.165, 1.54) is 32.8 Å². The van der Waals surface area contributed by atoms with Crippen molar-refractivity contribution in [2.45, 2.75) is 70.8 Å². The third-order valence-corrected chi connectivity index (χ3v) is 3.49. The van der Waals surface area contributed by atoms with Gasteiger partial charge in [-0.15, -0.1) is 0 Å². The van der Waals surface area contributed by atoms with E-state index >= 15 is 0 Å². The molecule has 0 aromatic heterocycles. The Labute approximate surface area is 152 Å². The normalized spacial score (nSPS) is 13.6. The highest BCUT2D eigenvalue weighted by Gasteiger charge is 2.05. The molecule has 0 aliphatic carbocycles. The molecule has 0 aromatic rings. The van der Waals surface area contributed by atoms with Crippen LogP contribution in [0.4, 0.5) is 0 Å². The van der Waals surface area contributed by atoms with Crippen molar-refractivity contribution < 1.29 is 19.7 Å². The number of allylic oxidation sites excluding steroid dienone is 7. The minimum absolute atomic E-state index is 0.242. The molecule has 0 radical (unpaired) electrons. The van der Waals surface area contributed by atoms with Gasteiger partial charge in [0.25, 0.3) is 0 Å². The van der Waals surface area contributed by atoms with Crippen LogP contribution in [0.25, 0.3) is 0 Å². The van der Waals surface area contributed by atoms with Crippen molar-refractivity contribution >= 4 is 5.97 Å². The van der Waals surface area contributed by atoms with Gasteiger partial charge in [0, 0.05) is 6.42 Å². The summed E-state index contributed by atoms with van der Waals surface area (Å²) < 4.78 is 0. The Hall–Kier alpha value is -1.65. The van der Waals surface area contributed by atoms with Crippen LogP contribution in [-0.2, 0) is 14.6 Å². The van der Waals surface area contributed by atoms with Crippen LogP contribution in [0.2, 0.25) is 0 Å².